The Balaban J connectivity index is 1.35. The van der Waals surface area contributed by atoms with Crippen molar-refractivity contribution in [2.75, 3.05) is 17.6 Å². The predicted molar refractivity (Wildman–Crippen MR) is 130 cm³/mol. The van der Waals surface area contributed by atoms with Gasteiger partial charge in [0, 0.05) is 55.1 Å². The second-order valence-electron chi connectivity index (χ2n) is 7.50. The van der Waals surface area contributed by atoms with Gasteiger partial charge in [-0.1, -0.05) is 48.5 Å². The summed E-state index contributed by atoms with van der Waals surface area (Å²) in [6, 6.07) is 21.9. The Labute approximate surface area is 191 Å². The van der Waals surface area contributed by atoms with E-state index >= 15 is 0 Å². The molecule has 4 aromatic rings. The highest BCUT2D eigenvalue weighted by Crippen LogP contribution is 2.24. The van der Waals surface area contributed by atoms with Crippen LogP contribution < -0.4 is 11.1 Å². The Hall–Kier alpha value is -3.55. The molecule has 0 aliphatic heterocycles. The number of hydrogen-bond donors (Lipinski definition) is 2. The second kappa shape index (κ2) is 10.7. The number of pyridine rings is 1. The SMILES string of the molecule is Nc1nc(-c2ccc(NC(=O)CCN(Cc3ccccc3)Cc3cccnc3)cc2)cs1. The maximum atomic E-state index is 12.6. The summed E-state index contributed by atoms with van der Waals surface area (Å²) >= 11 is 1.41. The summed E-state index contributed by atoms with van der Waals surface area (Å²) in [5, 5.41) is 5.46. The first-order chi connectivity index (χ1) is 15.7. The van der Waals surface area contributed by atoms with Crippen molar-refractivity contribution in [2.24, 2.45) is 0 Å². The lowest BCUT2D eigenvalue weighted by Gasteiger charge is -2.22. The van der Waals surface area contributed by atoms with E-state index in [4.69, 9.17) is 5.73 Å². The molecule has 2 heterocycles. The van der Waals surface area contributed by atoms with Crippen LogP contribution in [-0.4, -0.2) is 27.3 Å². The van der Waals surface area contributed by atoms with Gasteiger partial charge in [-0.05, 0) is 29.3 Å². The molecule has 2 aromatic heterocycles. The number of nitrogens with one attached hydrogen (secondary N) is 1. The van der Waals surface area contributed by atoms with Gasteiger partial charge in [0.2, 0.25) is 5.91 Å². The van der Waals surface area contributed by atoms with Gasteiger partial charge in [-0.25, -0.2) is 4.98 Å². The number of nitrogens with zero attached hydrogens (tertiary/aromatic N) is 3. The van der Waals surface area contributed by atoms with Crippen LogP contribution in [0, 0.1) is 0 Å². The third-order valence-electron chi connectivity index (χ3n) is 5.02. The lowest BCUT2D eigenvalue weighted by molar-refractivity contribution is -0.116. The molecule has 0 saturated carbocycles. The predicted octanol–water partition coefficient (Wildman–Crippen LogP) is 4.82. The van der Waals surface area contributed by atoms with Gasteiger partial charge in [0.15, 0.2) is 5.13 Å². The molecule has 0 unspecified atom stereocenters. The summed E-state index contributed by atoms with van der Waals surface area (Å²) in [5.41, 5.74) is 10.6. The fourth-order valence-corrected chi connectivity index (χ4v) is 4.01. The molecule has 0 radical (unpaired) electrons. The third kappa shape index (κ3) is 6.23. The van der Waals surface area contributed by atoms with Gasteiger partial charge in [0.05, 0.1) is 5.69 Å². The number of nitrogen functional groups attached to an aromatic ring is 1. The van der Waals surface area contributed by atoms with Gasteiger partial charge < -0.3 is 11.1 Å². The fourth-order valence-electron chi connectivity index (χ4n) is 3.43. The van der Waals surface area contributed by atoms with E-state index in [-0.39, 0.29) is 5.91 Å². The van der Waals surface area contributed by atoms with Crippen molar-refractivity contribution in [3.63, 3.8) is 0 Å². The van der Waals surface area contributed by atoms with E-state index in [1.807, 2.05) is 60.1 Å². The van der Waals surface area contributed by atoms with Crippen molar-refractivity contribution in [1.29, 1.82) is 0 Å². The highest BCUT2D eigenvalue weighted by atomic mass is 32.1. The molecular weight excluding hydrogens is 418 g/mol. The van der Waals surface area contributed by atoms with Crippen molar-refractivity contribution in [3.8, 4) is 11.3 Å². The molecule has 32 heavy (non-hydrogen) atoms. The van der Waals surface area contributed by atoms with Crippen LogP contribution in [-0.2, 0) is 17.9 Å². The number of aromatic nitrogens is 2. The minimum Gasteiger partial charge on any atom is -0.375 e. The lowest BCUT2D eigenvalue weighted by Crippen LogP contribution is -2.27. The highest BCUT2D eigenvalue weighted by molar-refractivity contribution is 7.13. The number of thiazole rings is 1. The Morgan fingerprint density at radius 2 is 1.72 bits per heavy atom. The van der Waals surface area contributed by atoms with Crippen molar-refractivity contribution in [3.05, 3.63) is 95.6 Å². The average Bonchev–Trinajstić information content (AvgIpc) is 3.26. The lowest BCUT2D eigenvalue weighted by atomic mass is 10.1. The first-order valence-electron chi connectivity index (χ1n) is 10.4. The van der Waals surface area contributed by atoms with Crippen molar-refractivity contribution >= 4 is 28.1 Å². The van der Waals surface area contributed by atoms with E-state index in [0.717, 1.165) is 35.6 Å². The smallest absolute Gasteiger partial charge is 0.225 e. The molecule has 0 aliphatic carbocycles. The molecular formula is C25H25N5OS. The van der Waals surface area contributed by atoms with E-state index in [1.54, 1.807) is 6.20 Å². The third-order valence-corrected chi connectivity index (χ3v) is 5.69. The molecule has 162 valence electrons. The van der Waals surface area contributed by atoms with Gasteiger partial charge in [0.25, 0.3) is 0 Å². The largest absolute Gasteiger partial charge is 0.375 e. The molecule has 4 rings (SSSR count). The minimum atomic E-state index is -0.0140. The van der Waals surface area contributed by atoms with Crippen LogP contribution in [0.5, 0.6) is 0 Å². The monoisotopic (exact) mass is 443 g/mol. The zero-order valence-corrected chi connectivity index (χ0v) is 18.5. The topological polar surface area (TPSA) is 84.1 Å². The molecule has 3 N–H and O–H groups in total. The summed E-state index contributed by atoms with van der Waals surface area (Å²) in [4.78, 5) is 23.4. The second-order valence-corrected chi connectivity index (χ2v) is 8.39. The Morgan fingerprint density at radius 3 is 2.41 bits per heavy atom. The molecule has 0 spiro atoms. The van der Waals surface area contributed by atoms with E-state index in [1.165, 1.54) is 16.9 Å². The Bertz CT molecular complexity index is 1090. The zero-order chi connectivity index (χ0) is 22.2. The summed E-state index contributed by atoms with van der Waals surface area (Å²) in [5.74, 6) is -0.0140. The van der Waals surface area contributed by atoms with Crippen LogP contribution in [0.15, 0.2) is 84.5 Å². The van der Waals surface area contributed by atoms with E-state index in [0.29, 0.717) is 18.1 Å². The maximum absolute atomic E-state index is 12.6. The van der Waals surface area contributed by atoms with Gasteiger partial charge in [-0.3, -0.25) is 14.7 Å². The van der Waals surface area contributed by atoms with E-state index < -0.39 is 0 Å². The Kier molecular flexibility index (Phi) is 7.22. The number of benzene rings is 2. The minimum absolute atomic E-state index is 0.0140. The molecule has 0 fully saturated rings. The number of hydrogen-bond acceptors (Lipinski definition) is 6. The van der Waals surface area contributed by atoms with Crippen LogP contribution in [0.1, 0.15) is 17.5 Å². The highest BCUT2D eigenvalue weighted by Gasteiger charge is 2.11. The zero-order valence-electron chi connectivity index (χ0n) is 17.6. The Morgan fingerprint density at radius 1 is 0.969 bits per heavy atom. The van der Waals surface area contributed by atoms with Crippen molar-refractivity contribution in [1.82, 2.24) is 14.9 Å². The fraction of sp³-hybridized carbons (Fsp3) is 0.160. The summed E-state index contributed by atoms with van der Waals surface area (Å²) < 4.78 is 0. The molecule has 7 heteroatoms. The molecule has 6 nitrogen and oxygen atoms in total. The average molecular weight is 444 g/mol. The number of rotatable bonds is 9. The van der Waals surface area contributed by atoms with Gasteiger partial charge >= 0.3 is 0 Å². The number of anilines is 2. The normalized spacial score (nSPS) is 10.9. The first kappa shape index (κ1) is 21.7. The van der Waals surface area contributed by atoms with Crippen LogP contribution in [0.2, 0.25) is 0 Å². The van der Waals surface area contributed by atoms with Crippen molar-refractivity contribution in [2.45, 2.75) is 19.5 Å². The summed E-state index contributed by atoms with van der Waals surface area (Å²) in [6.45, 7) is 2.15. The number of nitrogens with two attached hydrogens (primary N) is 1. The molecule has 0 bridgehead atoms. The number of carbonyl (C=O) groups excluding carboxylic acids is 1. The van der Waals surface area contributed by atoms with E-state index in [9.17, 15) is 4.79 Å². The molecule has 0 aliphatic rings. The first-order valence-corrected chi connectivity index (χ1v) is 11.3. The van der Waals surface area contributed by atoms with Crippen LogP contribution in [0.3, 0.4) is 0 Å². The van der Waals surface area contributed by atoms with Gasteiger partial charge in [-0.15, -0.1) is 11.3 Å². The van der Waals surface area contributed by atoms with Gasteiger partial charge in [0.1, 0.15) is 0 Å². The summed E-state index contributed by atoms with van der Waals surface area (Å²) in [7, 11) is 0. The molecule has 0 saturated heterocycles. The maximum Gasteiger partial charge on any atom is 0.225 e. The van der Waals surface area contributed by atoms with Crippen LogP contribution in [0.4, 0.5) is 10.8 Å². The number of amides is 1. The molecule has 0 atom stereocenters. The molecule has 2 aromatic carbocycles. The van der Waals surface area contributed by atoms with Crippen molar-refractivity contribution < 1.29 is 4.79 Å². The number of carbonyl (C=O) groups is 1. The standard InChI is InChI=1S/C25H25N5OS/c26-25-29-23(18-32-25)21-8-10-22(11-9-21)28-24(31)12-14-30(16-19-5-2-1-3-6-19)17-20-7-4-13-27-15-20/h1-11,13,15,18H,12,14,16-17H2,(H2,26,29)(H,28,31). The van der Waals surface area contributed by atoms with E-state index in [2.05, 4.69) is 38.4 Å². The summed E-state index contributed by atoms with van der Waals surface area (Å²) in [6.07, 6.45) is 4.04. The molecule has 1 amide bonds. The quantitative estimate of drug-likeness (QED) is 0.387. The van der Waals surface area contributed by atoms with Crippen LogP contribution in [0.25, 0.3) is 11.3 Å². The van der Waals surface area contributed by atoms with Crippen LogP contribution >= 0.6 is 11.3 Å². The van der Waals surface area contributed by atoms with Gasteiger partial charge in [-0.2, -0.15) is 0 Å².